The molecular weight excluding hydrogens is 376 g/mol. The number of rotatable bonds is 2. The van der Waals surface area contributed by atoms with Gasteiger partial charge in [0.05, 0.1) is 6.54 Å². The second kappa shape index (κ2) is 5.46. The minimum absolute atomic E-state index is 0.0692. The zero-order chi connectivity index (χ0) is 17.8. The molecule has 2 aromatic carbocycles. The lowest BCUT2D eigenvalue weighted by Crippen LogP contribution is -2.58. The third-order valence-electron chi connectivity index (χ3n) is 5.51. The summed E-state index contributed by atoms with van der Waals surface area (Å²) in [6.45, 7) is 6.93. The van der Waals surface area contributed by atoms with Crippen molar-refractivity contribution in [1.82, 2.24) is 5.32 Å². The first-order chi connectivity index (χ1) is 11.8. The van der Waals surface area contributed by atoms with Gasteiger partial charge in [-0.1, -0.05) is 65.7 Å². The van der Waals surface area contributed by atoms with Crippen LogP contribution in [-0.2, 0) is 10.2 Å². The van der Waals surface area contributed by atoms with Gasteiger partial charge >= 0.3 is 0 Å². The fourth-order valence-corrected chi connectivity index (χ4v) is 4.34. The number of halogens is 1. The van der Waals surface area contributed by atoms with E-state index in [9.17, 15) is 4.79 Å². The van der Waals surface area contributed by atoms with E-state index < -0.39 is 5.66 Å². The van der Waals surface area contributed by atoms with Crippen LogP contribution < -0.4 is 10.2 Å². The highest BCUT2D eigenvalue weighted by molar-refractivity contribution is 9.10. The smallest absolute Gasteiger partial charge is 0.241 e. The molecule has 3 nitrogen and oxygen atoms in total. The number of aryl methyl sites for hydroxylation is 1. The van der Waals surface area contributed by atoms with E-state index >= 15 is 0 Å². The van der Waals surface area contributed by atoms with Crippen molar-refractivity contribution in [3.63, 3.8) is 0 Å². The number of carbonyl (C=O) groups excluding carboxylic acids is 1. The first-order valence-corrected chi connectivity index (χ1v) is 9.27. The molecule has 0 radical (unpaired) electrons. The quantitative estimate of drug-likeness (QED) is 0.815. The van der Waals surface area contributed by atoms with Crippen molar-refractivity contribution in [2.75, 3.05) is 11.4 Å². The predicted octanol–water partition coefficient (Wildman–Crippen LogP) is 4.39. The molecule has 2 aliphatic heterocycles. The molecule has 1 N–H and O–H groups in total. The van der Waals surface area contributed by atoms with Crippen molar-refractivity contribution in [1.29, 1.82) is 0 Å². The number of carbonyl (C=O) groups is 1. The third kappa shape index (κ3) is 2.35. The summed E-state index contributed by atoms with van der Waals surface area (Å²) >= 11 is 3.47. The molecule has 1 atom stereocenters. The lowest BCUT2D eigenvalue weighted by Gasteiger charge is -2.40. The maximum atomic E-state index is 12.3. The second-order valence-electron chi connectivity index (χ2n) is 7.43. The molecule has 2 aromatic rings. The van der Waals surface area contributed by atoms with Crippen LogP contribution in [0.25, 0.3) is 6.08 Å². The highest BCUT2D eigenvalue weighted by atomic mass is 79.9. The zero-order valence-electron chi connectivity index (χ0n) is 14.6. The molecule has 1 amide bonds. The van der Waals surface area contributed by atoms with E-state index in [-0.39, 0.29) is 11.3 Å². The number of benzene rings is 2. The molecule has 0 aliphatic carbocycles. The van der Waals surface area contributed by atoms with Crippen molar-refractivity contribution in [3.8, 4) is 0 Å². The Bertz CT molecular complexity index is 885. The molecule has 4 heteroatoms. The van der Waals surface area contributed by atoms with E-state index in [0.717, 1.165) is 15.7 Å². The second-order valence-corrected chi connectivity index (χ2v) is 8.35. The Morgan fingerprint density at radius 1 is 1.16 bits per heavy atom. The van der Waals surface area contributed by atoms with Gasteiger partial charge in [0.25, 0.3) is 0 Å². The van der Waals surface area contributed by atoms with Crippen molar-refractivity contribution in [2.24, 2.45) is 0 Å². The average Bonchev–Trinajstić information content (AvgIpc) is 2.99. The molecule has 2 heterocycles. The van der Waals surface area contributed by atoms with Crippen molar-refractivity contribution in [2.45, 2.75) is 31.8 Å². The molecule has 0 saturated carbocycles. The Labute approximate surface area is 156 Å². The van der Waals surface area contributed by atoms with Crippen LogP contribution in [0.5, 0.6) is 0 Å². The van der Waals surface area contributed by atoms with Gasteiger partial charge < -0.3 is 10.2 Å². The highest BCUT2D eigenvalue weighted by Gasteiger charge is 2.59. The van der Waals surface area contributed by atoms with Gasteiger partial charge in [0.2, 0.25) is 5.91 Å². The van der Waals surface area contributed by atoms with Gasteiger partial charge in [-0.05, 0) is 42.3 Å². The van der Waals surface area contributed by atoms with Crippen LogP contribution in [0.4, 0.5) is 5.69 Å². The van der Waals surface area contributed by atoms with Gasteiger partial charge in [-0.2, -0.15) is 0 Å². The Balaban J connectivity index is 1.83. The first kappa shape index (κ1) is 16.4. The van der Waals surface area contributed by atoms with Crippen LogP contribution in [0.15, 0.2) is 53.0 Å². The van der Waals surface area contributed by atoms with Crippen molar-refractivity contribution >= 4 is 33.6 Å². The molecule has 0 aromatic heterocycles. The normalized spacial score (nSPS) is 23.7. The summed E-state index contributed by atoms with van der Waals surface area (Å²) in [5, 5.41) is 3.26. The number of fused-ring (bicyclic) bond motifs is 3. The van der Waals surface area contributed by atoms with Gasteiger partial charge in [0, 0.05) is 15.6 Å². The number of anilines is 1. The average molecular weight is 397 g/mol. The molecule has 1 unspecified atom stereocenters. The summed E-state index contributed by atoms with van der Waals surface area (Å²) in [4.78, 5) is 14.5. The number of nitrogens with zero attached hydrogens (tertiary/aromatic N) is 1. The summed E-state index contributed by atoms with van der Waals surface area (Å²) in [7, 11) is 0. The SMILES string of the molecule is Cc1ccc2c(c1)C(C)(C)C1(/C=C/c3ccc(Br)cc3)NC(=O)CN21. The summed E-state index contributed by atoms with van der Waals surface area (Å²) in [6, 6.07) is 14.7. The predicted molar refractivity (Wildman–Crippen MR) is 106 cm³/mol. The van der Waals surface area contributed by atoms with Gasteiger partial charge in [0.1, 0.15) is 5.66 Å². The number of hydrogen-bond acceptors (Lipinski definition) is 2. The van der Waals surface area contributed by atoms with Crippen LogP contribution >= 0.6 is 15.9 Å². The fraction of sp³-hybridized carbons (Fsp3) is 0.286. The van der Waals surface area contributed by atoms with Gasteiger partial charge in [-0.15, -0.1) is 0 Å². The van der Waals surface area contributed by atoms with E-state index in [1.54, 1.807) is 0 Å². The van der Waals surface area contributed by atoms with E-state index in [0.29, 0.717) is 6.54 Å². The first-order valence-electron chi connectivity index (χ1n) is 8.48. The molecular formula is C21H21BrN2O. The lowest BCUT2D eigenvalue weighted by molar-refractivity contribution is -0.118. The van der Waals surface area contributed by atoms with Gasteiger partial charge in [-0.25, -0.2) is 0 Å². The third-order valence-corrected chi connectivity index (χ3v) is 6.04. The summed E-state index contributed by atoms with van der Waals surface area (Å²) in [5.74, 6) is 0.0692. The molecule has 4 rings (SSSR count). The minimum atomic E-state index is -0.534. The van der Waals surface area contributed by atoms with E-state index in [4.69, 9.17) is 0 Å². The fourth-order valence-electron chi connectivity index (χ4n) is 4.08. The van der Waals surface area contributed by atoms with E-state index in [1.807, 2.05) is 12.1 Å². The molecule has 0 spiro atoms. The largest absolute Gasteiger partial charge is 0.335 e. The lowest BCUT2D eigenvalue weighted by atomic mass is 9.75. The number of nitrogens with one attached hydrogen (secondary N) is 1. The summed E-state index contributed by atoms with van der Waals surface area (Å²) < 4.78 is 1.06. The molecule has 25 heavy (non-hydrogen) atoms. The van der Waals surface area contributed by atoms with E-state index in [2.05, 4.69) is 89.4 Å². The number of amides is 1. The minimum Gasteiger partial charge on any atom is -0.335 e. The number of hydrogen-bond donors (Lipinski definition) is 1. The van der Waals surface area contributed by atoms with E-state index in [1.165, 1.54) is 11.1 Å². The Morgan fingerprint density at radius 3 is 2.60 bits per heavy atom. The molecule has 2 aliphatic rings. The monoisotopic (exact) mass is 396 g/mol. The van der Waals surface area contributed by atoms with Crippen molar-refractivity contribution < 1.29 is 4.79 Å². The van der Waals surface area contributed by atoms with Crippen LogP contribution in [0.2, 0.25) is 0 Å². The summed E-state index contributed by atoms with van der Waals surface area (Å²) in [5.41, 5.74) is 4.02. The molecule has 1 saturated heterocycles. The molecule has 128 valence electrons. The van der Waals surface area contributed by atoms with Crippen LogP contribution in [0, 0.1) is 6.92 Å². The van der Waals surface area contributed by atoms with Gasteiger partial charge in [0.15, 0.2) is 0 Å². The maximum absolute atomic E-state index is 12.3. The van der Waals surface area contributed by atoms with Crippen LogP contribution in [0.1, 0.15) is 30.5 Å². The van der Waals surface area contributed by atoms with Gasteiger partial charge in [-0.3, -0.25) is 4.79 Å². The summed E-state index contributed by atoms with van der Waals surface area (Å²) in [6.07, 6.45) is 4.25. The standard InChI is InChI=1S/C21H21BrN2O/c1-14-4-9-18-17(12-14)20(2,3)21(23-19(25)13-24(18)21)11-10-15-5-7-16(22)8-6-15/h4-12H,13H2,1-3H3,(H,23,25)/b11-10+. The highest BCUT2D eigenvalue weighted by Crippen LogP contribution is 2.53. The Hall–Kier alpha value is -2.07. The maximum Gasteiger partial charge on any atom is 0.241 e. The van der Waals surface area contributed by atoms with Crippen molar-refractivity contribution in [3.05, 3.63) is 69.7 Å². The molecule has 1 fully saturated rings. The molecule has 0 bridgehead atoms. The van der Waals surface area contributed by atoms with Crippen LogP contribution in [-0.4, -0.2) is 18.1 Å². The zero-order valence-corrected chi connectivity index (χ0v) is 16.2. The van der Waals surface area contributed by atoms with Crippen LogP contribution in [0.3, 0.4) is 0 Å². The topological polar surface area (TPSA) is 32.3 Å². The Kier molecular flexibility index (Phi) is 3.58. The Morgan fingerprint density at radius 2 is 1.88 bits per heavy atom.